The van der Waals surface area contributed by atoms with Crippen LogP contribution in [0.2, 0.25) is 0 Å². The van der Waals surface area contributed by atoms with Crippen LogP contribution in [0.4, 0.5) is 0 Å². The predicted octanol–water partition coefficient (Wildman–Crippen LogP) is 4.51. The van der Waals surface area contributed by atoms with Gasteiger partial charge in [-0.15, -0.1) is 0 Å². The highest BCUT2D eigenvalue weighted by atomic mass is 16.7. The van der Waals surface area contributed by atoms with Crippen LogP contribution >= 0.6 is 0 Å². The van der Waals surface area contributed by atoms with Gasteiger partial charge in [0, 0.05) is 5.56 Å². The van der Waals surface area contributed by atoms with E-state index >= 15 is 0 Å². The van der Waals surface area contributed by atoms with Crippen molar-refractivity contribution in [3.05, 3.63) is 35.4 Å². The molecule has 0 amide bonds. The van der Waals surface area contributed by atoms with Gasteiger partial charge in [0.05, 0.1) is 18.3 Å². The lowest BCUT2D eigenvalue weighted by molar-refractivity contribution is -0.239. The largest absolute Gasteiger partial charge is 0.388 e. The van der Waals surface area contributed by atoms with Crippen molar-refractivity contribution in [1.82, 2.24) is 0 Å². The Morgan fingerprint density at radius 2 is 1.64 bits per heavy atom. The van der Waals surface area contributed by atoms with Gasteiger partial charge in [-0.2, -0.15) is 0 Å². The third kappa shape index (κ3) is 3.53. The van der Waals surface area contributed by atoms with Crippen LogP contribution in [0, 0.1) is 5.92 Å². The van der Waals surface area contributed by atoms with E-state index in [4.69, 9.17) is 9.47 Å². The number of hydrogen-bond acceptors (Lipinski definition) is 3. The van der Waals surface area contributed by atoms with Crippen LogP contribution in [0.5, 0.6) is 0 Å². The van der Waals surface area contributed by atoms with Crippen LogP contribution < -0.4 is 0 Å². The van der Waals surface area contributed by atoms with Gasteiger partial charge in [-0.3, -0.25) is 0 Å². The molecule has 1 N–H and O–H groups in total. The minimum absolute atomic E-state index is 0.189. The summed E-state index contributed by atoms with van der Waals surface area (Å²) in [5, 5.41) is 10.9. The topological polar surface area (TPSA) is 38.7 Å². The molecule has 0 aromatic heterocycles. The maximum Gasteiger partial charge on any atom is 0.184 e. The third-order valence-electron chi connectivity index (χ3n) is 5.04. The van der Waals surface area contributed by atoms with E-state index in [2.05, 4.69) is 13.8 Å². The summed E-state index contributed by atoms with van der Waals surface area (Å²) in [4.78, 5) is 0. The molecule has 2 fully saturated rings. The van der Waals surface area contributed by atoms with Gasteiger partial charge >= 0.3 is 0 Å². The fraction of sp³-hybridized carbons (Fsp3) is 0.684. The zero-order valence-electron chi connectivity index (χ0n) is 13.7. The first kappa shape index (κ1) is 16.0. The Bertz CT molecular complexity index is 471. The zero-order valence-corrected chi connectivity index (χ0v) is 13.7. The Morgan fingerprint density at radius 3 is 2.32 bits per heavy atom. The second-order valence-corrected chi connectivity index (χ2v) is 6.93. The van der Waals surface area contributed by atoms with Gasteiger partial charge in [0.1, 0.15) is 0 Å². The van der Waals surface area contributed by atoms with Crippen molar-refractivity contribution in [2.45, 2.75) is 77.0 Å². The highest BCUT2D eigenvalue weighted by Gasteiger charge is 2.31. The molecule has 1 aliphatic carbocycles. The van der Waals surface area contributed by atoms with Crippen molar-refractivity contribution in [1.29, 1.82) is 0 Å². The Kier molecular flexibility index (Phi) is 5.17. The molecule has 3 atom stereocenters. The fourth-order valence-electron chi connectivity index (χ4n) is 3.88. The van der Waals surface area contributed by atoms with E-state index in [1.165, 1.54) is 19.3 Å². The van der Waals surface area contributed by atoms with Gasteiger partial charge in [-0.05, 0) is 44.6 Å². The monoisotopic (exact) mass is 304 g/mol. The molecule has 1 saturated heterocycles. The molecule has 2 aliphatic rings. The maximum absolute atomic E-state index is 10.9. The highest BCUT2D eigenvalue weighted by molar-refractivity contribution is 5.31. The summed E-state index contributed by atoms with van der Waals surface area (Å²) < 4.78 is 12.0. The normalized spacial score (nSPS) is 31.9. The summed E-state index contributed by atoms with van der Waals surface area (Å²) in [5.41, 5.74) is 1.99. The van der Waals surface area contributed by atoms with E-state index in [0.29, 0.717) is 5.92 Å². The average molecular weight is 304 g/mol. The summed E-state index contributed by atoms with van der Waals surface area (Å²) >= 11 is 0. The number of aliphatic hydroxyl groups is 1. The molecule has 1 aromatic rings. The lowest BCUT2D eigenvalue weighted by Gasteiger charge is -2.35. The second-order valence-electron chi connectivity index (χ2n) is 6.93. The van der Waals surface area contributed by atoms with Gasteiger partial charge in [-0.25, -0.2) is 0 Å². The van der Waals surface area contributed by atoms with E-state index in [9.17, 15) is 5.11 Å². The molecule has 122 valence electrons. The molecule has 0 bridgehead atoms. The number of hydrogen-bond donors (Lipinski definition) is 1. The molecule has 0 spiro atoms. The molecule has 3 nitrogen and oxygen atoms in total. The summed E-state index contributed by atoms with van der Waals surface area (Å²) in [7, 11) is 0. The van der Waals surface area contributed by atoms with E-state index in [1.807, 2.05) is 24.3 Å². The van der Waals surface area contributed by atoms with Crippen molar-refractivity contribution < 1.29 is 14.6 Å². The quantitative estimate of drug-likeness (QED) is 0.892. The zero-order chi connectivity index (χ0) is 15.5. The van der Waals surface area contributed by atoms with Crippen LogP contribution in [-0.2, 0) is 9.47 Å². The van der Waals surface area contributed by atoms with Crippen LogP contribution in [0.3, 0.4) is 0 Å². The van der Waals surface area contributed by atoms with E-state index in [0.717, 1.165) is 30.4 Å². The minimum atomic E-state index is -0.406. The number of benzene rings is 1. The smallest absolute Gasteiger partial charge is 0.184 e. The van der Waals surface area contributed by atoms with Crippen LogP contribution in [0.1, 0.15) is 75.9 Å². The maximum atomic E-state index is 10.9. The SMILES string of the molecule is C[C@@H]1C[C@@H](C)OC(c2ccccc2C(O)C2CCCCC2)O1. The summed E-state index contributed by atoms with van der Waals surface area (Å²) in [6.45, 7) is 4.18. The fourth-order valence-corrected chi connectivity index (χ4v) is 3.88. The van der Waals surface area contributed by atoms with E-state index in [-0.39, 0.29) is 18.5 Å². The van der Waals surface area contributed by atoms with Crippen LogP contribution in [-0.4, -0.2) is 17.3 Å². The Morgan fingerprint density at radius 1 is 1.00 bits per heavy atom. The Balaban J connectivity index is 1.82. The standard InChI is InChI=1S/C19H28O3/c1-13-12-14(2)22-19(21-13)17-11-7-6-10-16(17)18(20)15-8-4-3-5-9-15/h6-7,10-11,13-15,18-20H,3-5,8-9,12H2,1-2H3/t13-,14-,18?/m1/s1. The molecule has 22 heavy (non-hydrogen) atoms. The van der Waals surface area contributed by atoms with Crippen molar-refractivity contribution in [2.75, 3.05) is 0 Å². The molecule has 3 heteroatoms. The van der Waals surface area contributed by atoms with Crippen molar-refractivity contribution in [2.24, 2.45) is 5.92 Å². The van der Waals surface area contributed by atoms with Crippen molar-refractivity contribution in [3.63, 3.8) is 0 Å². The third-order valence-corrected chi connectivity index (χ3v) is 5.04. The van der Waals surface area contributed by atoms with Gasteiger partial charge in [0.25, 0.3) is 0 Å². The molecular formula is C19H28O3. The Labute approximate surface area is 133 Å². The van der Waals surface area contributed by atoms with Gasteiger partial charge in [-0.1, -0.05) is 43.5 Å². The lowest BCUT2D eigenvalue weighted by atomic mass is 9.81. The summed E-state index contributed by atoms with van der Waals surface area (Å²) in [6.07, 6.45) is 6.54. The molecule has 1 heterocycles. The number of rotatable bonds is 3. The van der Waals surface area contributed by atoms with Crippen LogP contribution in [0.15, 0.2) is 24.3 Å². The van der Waals surface area contributed by atoms with Crippen molar-refractivity contribution >= 4 is 0 Å². The van der Waals surface area contributed by atoms with E-state index in [1.54, 1.807) is 0 Å². The molecule has 1 unspecified atom stereocenters. The van der Waals surface area contributed by atoms with Crippen molar-refractivity contribution in [3.8, 4) is 0 Å². The summed E-state index contributed by atoms with van der Waals surface area (Å²) in [6, 6.07) is 8.08. The van der Waals surface area contributed by atoms with Gasteiger partial charge in [0.15, 0.2) is 6.29 Å². The molecule has 1 saturated carbocycles. The minimum Gasteiger partial charge on any atom is -0.388 e. The average Bonchev–Trinajstić information content (AvgIpc) is 2.54. The Hall–Kier alpha value is -0.900. The first-order chi connectivity index (χ1) is 10.6. The predicted molar refractivity (Wildman–Crippen MR) is 86.4 cm³/mol. The molecule has 1 aromatic carbocycles. The van der Waals surface area contributed by atoms with Crippen LogP contribution in [0.25, 0.3) is 0 Å². The molecule has 0 radical (unpaired) electrons. The first-order valence-corrected chi connectivity index (χ1v) is 8.73. The second kappa shape index (κ2) is 7.12. The summed E-state index contributed by atoms with van der Waals surface area (Å²) in [5.74, 6) is 0.369. The molecule has 1 aliphatic heterocycles. The highest BCUT2D eigenvalue weighted by Crippen LogP contribution is 2.39. The first-order valence-electron chi connectivity index (χ1n) is 8.73. The molecular weight excluding hydrogens is 276 g/mol. The van der Waals surface area contributed by atoms with E-state index < -0.39 is 6.10 Å². The molecule has 3 rings (SSSR count). The van der Waals surface area contributed by atoms with Gasteiger partial charge in [0.2, 0.25) is 0 Å². The van der Waals surface area contributed by atoms with Gasteiger partial charge < -0.3 is 14.6 Å². The number of ether oxygens (including phenoxy) is 2. The lowest BCUT2D eigenvalue weighted by Crippen LogP contribution is -2.31. The number of aliphatic hydroxyl groups excluding tert-OH is 1.